The van der Waals surface area contributed by atoms with Crippen LogP contribution in [0.5, 0.6) is 0 Å². The van der Waals surface area contributed by atoms with E-state index in [4.69, 9.17) is 0 Å². The molecule has 2 aromatic rings. The van der Waals surface area contributed by atoms with E-state index in [1.165, 1.54) is 24.3 Å². The van der Waals surface area contributed by atoms with Gasteiger partial charge in [-0.15, -0.1) is 0 Å². The van der Waals surface area contributed by atoms with Gasteiger partial charge in [-0.3, -0.25) is 9.78 Å². The summed E-state index contributed by atoms with van der Waals surface area (Å²) in [5, 5.41) is 2.70. The largest absolute Gasteiger partial charge is 0.337 e. The highest BCUT2D eigenvalue weighted by Gasteiger charge is 2.24. The SMILES string of the molecule is Cc1cnccc1NC(=O)c1ccc(CS(=O)(=O)C(F)F)cc1. The summed E-state index contributed by atoms with van der Waals surface area (Å²) in [5.41, 5.74) is 1.89. The molecule has 8 heteroatoms. The van der Waals surface area contributed by atoms with Crippen molar-refractivity contribution in [2.45, 2.75) is 18.4 Å². The first-order valence-corrected chi connectivity index (χ1v) is 8.32. The summed E-state index contributed by atoms with van der Waals surface area (Å²) >= 11 is 0. The molecule has 0 saturated carbocycles. The molecule has 0 radical (unpaired) electrons. The predicted molar refractivity (Wildman–Crippen MR) is 82.0 cm³/mol. The van der Waals surface area contributed by atoms with E-state index in [0.717, 1.165) is 5.56 Å². The number of sulfone groups is 1. The Kier molecular flexibility index (Phi) is 5.05. The molecular weight excluding hydrogens is 326 g/mol. The Hall–Kier alpha value is -2.35. The summed E-state index contributed by atoms with van der Waals surface area (Å²) in [6.45, 7) is 1.79. The molecule has 0 unspecified atom stereocenters. The van der Waals surface area contributed by atoms with Gasteiger partial charge in [0.15, 0.2) is 0 Å². The lowest BCUT2D eigenvalue weighted by Crippen LogP contribution is -2.15. The van der Waals surface area contributed by atoms with Gasteiger partial charge >= 0.3 is 5.76 Å². The van der Waals surface area contributed by atoms with Crippen molar-refractivity contribution in [2.75, 3.05) is 5.32 Å². The Morgan fingerprint density at radius 1 is 1.22 bits per heavy atom. The van der Waals surface area contributed by atoms with Crippen LogP contribution < -0.4 is 5.32 Å². The average molecular weight is 340 g/mol. The van der Waals surface area contributed by atoms with E-state index < -0.39 is 21.3 Å². The molecule has 5 nitrogen and oxygen atoms in total. The first-order valence-electron chi connectivity index (χ1n) is 6.60. The van der Waals surface area contributed by atoms with Crippen LogP contribution in [0.1, 0.15) is 21.5 Å². The van der Waals surface area contributed by atoms with Gasteiger partial charge < -0.3 is 5.32 Å². The third-order valence-corrected chi connectivity index (χ3v) is 4.40. The molecule has 1 heterocycles. The number of amides is 1. The van der Waals surface area contributed by atoms with Gasteiger partial charge in [-0.05, 0) is 36.2 Å². The highest BCUT2D eigenvalue weighted by Crippen LogP contribution is 2.16. The van der Waals surface area contributed by atoms with Crippen molar-refractivity contribution in [1.29, 1.82) is 0 Å². The third-order valence-electron chi connectivity index (χ3n) is 3.12. The number of aryl methyl sites for hydroxylation is 1. The van der Waals surface area contributed by atoms with E-state index in [9.17, 15) is 22.0 Å². The minimum absolute atomic E-state index is 0.196. The lowest BCUT2D eigenvalue weighted by Gasteiger charge is -2.08. The third kappa shape index (κ3) is 4.32. The van der Waals surface area contributed by atoms with Gasteiger partial charge in [0.2, 0.25) is 9.84 Å². The van der Waals surface area contributed by atoms with Crippen molar-refractivity contribution in [2.24, 2.45) is 0 Å². The number of nitrogens with one attached hydrogen (secondary N) is 1. The van der Waals surface area contributed by atoms with Crippen LogP contribution in [0.15, 0.2) is 42.7 Å². The summed E-state index contributed by atoms with van der Waals surface area (Å²) in [5.74, 6) is -4.57. The maximum atomic E-state index is 12.3. The second kappa shape index (κ2) is 6.82. The van der Waals surface area contributed by atoms with E-state index >= 15 is 0 Å². The van der Waals surface area contributed by atoms with Gasteiger partial charge in [0.1, 0.15) is 0 Å². The van der Waals surface area contributed by atoms with Crippen molar-refractivity contribution in [3.63, 3.8) is 0 Å². The molecule has 0 bridgehead atoms. The minimum atomic E-state index is -4.48. The van der Waals surface area contributed by atoms with Crippen LogP contribution in [0, 0.1) is 6.92 Å². The molecule has 0 atom stereocenters. The molecule has 0 saturated heterocycles. The number of hydrogen-bond acceptors (Lipinski definition) is 4. The number of rotatable bonds is 5. The molecular formula is C15H14F2N2O3S. The minimum Gasteiger partial charge on any atom is -0.322 e. The first kappa shape index (κ1) is 17.0. The molecule has 23 heavy (non-hydrogen) atoms. The Bertz CT molecular complexity index is 806. The lowest BCUT2D eigenvalue weighted by molar-refractivity contribution is 0.102. The van der Waals surface area contributed by atoms with E-state index in [0.29, 0.717) is 11.3 Å². The normalized spacial score (nSPS) is 11.5. The number of halogens is 2. The average Bonchev–Trinajstić information content (AvgIpc) is 2.49. The number of carbonyl (C=O) groups is 1. The summed E-state index contributed by atoms with van der Waals surface area (Å²) in [6.07, 6.45) is 3.15. The number of nitrogens with zero attached hydrogens (tertiary/aromatic N) is 1. The second-order valence-corrected chi connectivity index (χ2v) is 6.88. The van der Waals surface area contributed by atoms with Gasteiger partial charge in [0.25, 0.3) is 5.91 Å². The molecule has 0 spiro atoms. The Morgan fingerprint density at radius 3 is 2.43 bits per heavy atom. The first-order chi connectivity index (χ1) is 10.8. The standard InChI is InChI=1S/C15H14F2N2O3S/c1-10-8-18-7-6-13(10)19-14(20)12-4-2-11(3-5-12)9-23(21,22)15(16)17/h2-8,15H,9H2,1H3,(H,18,19,20). The van der Waals surface area contributed by atoms with Crippen LogP contribution in [-0.2, 0) is 15.6 Å². The number of anilines is 1. The van der Waals surface area contributed by atoms with Gasteiger partial charge in [0.05, 0.1) is 5.75 Å². The zero-order valence-corrected chi connectivity index (χ0v) is 13.0. The number of aromatic nitrogens is 1. The fourth-order valence-electron chi connectivity index (χ4n) is 1.86. The molecule has 0 aliphatic rings. The van der Waals surface area contributed by atoms with Crippen molar-refractivity contribution in [3.05, 3.63) is 59.4 Å². The fraction of sp³-hybridized carbons (Fsp3) is 0.200. The van der Waals surface area contributed by atoms with Crippen molar-refractivity contribution in [1.82, 2.24) is 4.98 Å². The summed E-state index contributed by atoms with van der Waals surface area (Å²) in [4.78, 5) is 16.0. The van der Waals surface area contributed by atoms with Crippen LogP contribution in [0.4, 0.5) is 14.5 Å². The van der Waals surface area contributed by atoms with Crippen LogP contribution in [-0.4, -0.2) is 25.1 Å². The summed E-state index contributed by atoms with van der Waals surface area (Å²) in [7, 11) is -4.48. The lowest BCUT2D eigenvalue weighted by atomic mass is 10.1. The highest BCUT2D eigenvalue weighted by molar-refractivity contribution is 7.90. The summed E-state index contributed by atoms with van der Waals surface area (Å²) in [6, 6.07) is 7.11. The van der Waals surface area contributed by atoms with Crippen LogP contribution in [0.3, 0.4) is 0 Å². The number of hydrogen-bond donors (Lipinski definition) is 1. The van der Waals surface area contributed by atoms with Crippen LogP contribution >= 0.6 is 0 Å². The van der Waals surface area contributed by atoms with E-state index in [2.05, 4.69) is 10.3 Å². The maximum absolute atomic E-state index is 12.3. The molecule has 0 aliphatic heterocycles. The Balaban J connectivity index is 2.11. The number of pyridine rings is 1. The zero-order chi connectivity index (χ0) is 17.0. The highest BCUT2D eigenvalue weighted by atomic mass is 32.2. The van der Waals surface area contributed by atoms with Crippen LogP contribution in [0.25, 0.3) is 0 Å². The molecule has 1 aromatic heterocycles. The zero-order valence-electron chi connectivity index (χ0n) is 12.2. The second-order valence-electron chi connectivity index (χ2n) is 4.91. The molecule has 122 valence electrons. The van der Waals surface area contributed by atoms with Gasteiger partial charge in [0, 0.05) is 23.6 Å². The smallest absolute Gasteiger partial charge is 0.322 e. The molecule has 1 N–H and O–H groups in total. The molecule has 1 amide bonds. The molecule has 2 rings (SSSR count). The molecule has 0 aliphatic carbocycles. The van der Waals surface area contributed by atoms with E-state index in [1.807, 2.05) is 0 Å². The van der Waals surface area contributed by atoms with E-state index in [1.54, 1.807) is 25.4 Å². The Morgan fingerprint density at radius 2 is 1.87 bits per heavy atom. The molecule has 1 aromatic carbocycles. The van der Waals surface area contributed by atoms with E-state index in [-0.39, 0.29) is 11.5 Å². The maximum Gasteiger partial charge on any atom is 0.337 e. The van der Waals surface area contributed by atoms with Crippen molar-refractivity contribution >= 4 is 21.4 Å². The van der Waals surface area contributed by atoms with Crippen LogP contribution in [0.2, 0.25) is 0 Å². The van der Waals surface area contributed by atoms with Crippen molar-refractivity contribution in [3.8, 4) is 0 Å². The molecule has 0 fully saturated rings. The van der Waals surface area contributed by atoms with Gasteiger partial charge in [-0.1, -0.05) is 12.1 Å². The predicted octanol–water partition coefficient (Wildman–Crippen LogP) is 2.78. The quantitative estimate of drug-likeness (QED) is 0.908. The monoisotopic (exact) mass is 340 g/mol. The number of carbonyl (C=O) groups excluding carboxylic acids is 1. The van der Waals surface area contributed by atoms with Crippen molar-refractivity contribution < 1.29 is 22.0 Å². The summed E-state index contributed by atoms with van der Waals surface area (Å²) < 4.78 is 47.0. The topological polar surface area (TPSA) is 76.1 Å². The van der Waals surface area contributed by atoms with Gasteiger partial charge in [-0.25, -0.2) is 8.42 Å². The number of alkyl halides is 2. The fourth-order valence-corrected chi connectivity index (χ4v) is 2.64. The number of benzene rings is 1. The van der Waals surface area contributed by atoms with Gasteiger partial charge in [-0.2, -0.15) is 8.78 Å². The Labute approximate surface area is 132 Å².